The largest absolute Gasteiger partial charge is 0.457 e. The summed E-state index contributed by atoms with van der Waals surface area (Å²) in [6.45, 7) is 1.40. The van der Waals surface area contributed by atoms with Crippen molar-refractivity contribution in [3.63, 3.8) is 0 Å². The van der Waals surface area contributed by atoms with E-state index in [2.05, 4.69) is 4.37 Å². The van der Waals surface area contributed by atoms with Gasteiger partial charge >= 0.3 is 5.97 Å². The van der Waals surface area contributed by atoms with Gasteiger partial charge in [0.1, 0.15) is 23.0 Å². The molecule has 0 fully saturated rings. The second-order valence-electron chi connectivity index (χ2n) is 3.78. The van der Waals surface area contributed by atoms with Crippen LogP contribution in [0.2, 0.25) is 5.02 Å². The highest BCUT2D eigenvalue weighted by atomic mass is 35.5. The number of hydrogen-bond acceptors (Lipinski definition) is 5. The molecule has 0 amide bonds. The molecule has 0 aliphatic rings. The molecule has 0 spiro atoms. The smallest absolute Gasteiger partial charge is 0.343 e. The lowest BCUT2D eigenvalue weighted by Gasteiger charge is -2.07. The van der Waals surface area contributed by atoms with E-state index >= 15 is 0 Å². The topological polar surface area (TPSA) is 65.2 Å². The number of benzene rings is 1. The Labute approximate surface area is 118 Å². The molecule has 0 saturated heterocycles. The third-order valence-corrected chi connectivity index (χ3v) is 3.62. The lowest BCUT2D eigenvalue weighted by atomic mass is 10.2. The molecule has 0 aliphatic heterocycles. The zero-order chi connectivity index (χ0) is 14.0. The molecule has 2 N–H and O–H groups in total. The van der Waals surface area contributed by atoms with Crippen molar-refractivity contribution < 1.29 is 13.9 Å². The summed E-state index contributed by atoms with van der Waals surface area (Å²) in [6.07, 6.45) is 0. The van der Waals surface area contributed by atoms with Crippen LogP contribution in [-0.4, -0.2) is 10.3 Å². The van der Waals surface area contributed by atoms with Crippen LogP contribution < -0.4 is 5.73 Å². The Morgan fingerprint density at radius 2 is 2.32 bits per heavy atom. The summed E-state index contributed by atoms with van der Waals surface area (Å²) >= 11 is 6.85. The molecule has 0 unspecified atom stereocenters. The fourth-order valence-corrected chi connectivity index (χ4v) is 2.38. The SMILES string of the molecule is Cc1nsc(N)c1C(=O)OCc1c(F)cccc1Cl. The lowest BCUT2D eigenvalue weighted by Crippen LogP contribution is -2.09. The Kier molecular flexibility index (Phi) is 4.01. The molecule has 4 nitrogen and oxygen atoms in total. The van der Waals surface area contributed by atoms with Crippen LogP contribution in [0.3, 0.4) is 0 Å². The zero-order valence-corrected chi connectivity index (χ0v) is 11.5. The van der Waals surface area contributed by atoms with E-state index < -0.39 is 11.8 Å². The first-order valence-electron chi connectivity index (χ1n) is 5.32. The Balaban J connectivity index is 2.13. The third-order valence-electron chi connectivity index (χ3n) is 2.50. The van der Waals surface area contributed by atoms with Crippen molar-refractivity contribution in [2.75, 3.05) is 5.73 Å². The van der Waals surface area contributed by atoms with Gasteiger partial charge in [-0.15, -0.1) is 0 Å². The minimum Gasteiger partial charge on any atom is -0.457 e. The summed E-state index contributed by atoms with van der Waals surface area (Å²) in [5, 5.41) is 0.489. The van der Waals surface area contributed by atoms with Crippen molar-refractivity contribution in [1.82, 2.24) is 4.37 Å². The zero-order valence-electron chi connectivity index (χ0n) is 9.94. The third kappa shape index (κ3) is 2.85. The number of nitrogens with two attached hydrogens (primary N) is 1. The van der Waals surface area contributed by atoms with Crippen molar-refractivity contribution in [2.45, 2.75) is 13.5 Å². The number of anilines is 1. The molecule has 0 bridgehead atoms. The molecule has 0 atom stereocenters. The van der Waals surface area contributed by atoms with Gasteiger partial charge in [-0.3, -0.25) is 0 Å². The molecule has 1 aromatic heterocycles. The average molecular weight is 301 g/mol. The standard InChI is InChI=1S/C12H10ClFN2O2S/c1-6-10(11(15)19-16-6)12(17)18-5-7-8(13)3-2-4-9(7)14/h2-4H,5,15H2,1H3. The fraction of sp³-hybridized carbons (Fsp3) is 0.167. The van der Waals surface area contributed by atoms with Crippen LogP contribution in [0.25, 0.3) is 0 Å². The highest BCUT2D eigenvalue weighted by Crippen LogP contribution is 2.24. The minimum absolute atomic E-state index is 0.136. The van der Waals surface area contributed by atoms with Gasteiger partial charge in [-0.1, -0.05) is 17.7 Å². The monoisotopic (exact) mass is 300 g/mol. The summed E-state index contributed by atoms with van der Waals surface area (Å²) < 4.78 is 22.5. The van der Waals surface area contributed by atoms with E-state index in [4.69, 9.17) is 22.1 Å². The summed E-state index contributed by atoms with van der Waals surface area (Å²) in [7, 11) is 0. The second-order valence-corrected chi connectivity index (χ2v) is 5.00. The highest BCUT2D eigenvalue weighted by Gasteiger charge is 2.19. The number of ether oxygens (including phenoxy) is 1. The summed E-state index contributed by atoms with van der Waals surface area (Å²) in [5.41, 5.74) is 6.47. The number of aryl methyl sites for hydroxylation is 1. The maximum Gasteiger partial charge on any atom is 0.343 e. The molecule has 2 rings (SSSR count). The molecule has 0 aliphatic carbocycles. The second kappa shape index (κ2) is 5.54. The van der Waals surface area contributed by atoms with E-state index in [-0.39, 0.29) is 27.8 Å². The molecule has 1 aromatic carbocycles. The van der Waals surface area contributed by atoms with Gasteiger partial charge in [-0.2, -0.15) is 4.37 Å². The van der Waals surface area contributed by atoms with Crippen LogP contribution in [0.1, 0.15) is 21.6 Å². The lowest BCUT2D eigenvalue weighted by molar-refractivity contribution is 0.0470. The van der Waals surface area contributed by atoms with Gasteiger partial charge < -0.3 is 10.5 Å². The quantitative estimate of drug-likeness (QED) is 0.884. The fourth-order valence-electron chi connectivity index (χ4n) is 1.52. The first-order valence-corrected chi connectivity index (χ1v) is 6.47. The van der Waals surface area contributed by atoms with Crippen LogP contribution in [0.5, 0.6) is 0 Å². The summed E-state index contributed by atoms with van der Waals surface area (Å²) in [4.78, 5) is 11.8. The molecule has 100 valence electrons. The van der Waals surface area contributed by atoms with Crippen molar-refractivity contribution in [1.29, 1.82) is 0 Å². The van der Waals surface area contributed by atoms with Crippen molar-refractivity contribution in [3.05, 3.63) is 45.9 Å². The van der Waals surface area contributed by atoms with Crippen LogP contribution in [-0.2, 0) is 11.3 Å². The van der Waals surface area contributed by atoms with Gasteiger partial charge in [-0.25, -0.2) is 9.18 Å². The van der Waals surface area contributed by atoms with Crippen molar-refractivity contribution in [3.8, 4) is 0 Å². The number of carbonyl (C=O) groups is 1. The Bertz CT molecular complexity index is 590. The van der Waals surface area contributed by atoms with Crippen LogP contribution in [0.4, 0.5) is 9.39 Å². The Morgan fingerprint density at radius 1 is 1.58 bits per heavy atom. The highest BCUT2D eigenvalue weighted by molar-refractivity contribution is 7.10. The van der Waals surface area contributed by atoms with Crippen molar-refractivity contribution in [2.24, 2.45) is 0 Å². The molecular formula is C12H10ClFN2O2S. The number of halogens is 2. The van der Waals surface area contributed by atoms with Crippen LogP contribution in [0, 0.1) is 12.7 Å². The number of nitrogens with zero attached hydrogens (tertiary/aromatic N) is 1. The average Bonchev–Trinajstić information content (AvgIpc) is 2.68. The number of nitrogen functional groups attached to an aromatic ring is 1. The van der Waals surface area contributed by atoms with Gasteiger partial charge in [0.05, 0.1) is 10.7 Å². The number of carbonyl (C=O) groups excluding carboxylic acids is 1. The normalized spacial score (nSPS) is 10.5. The number of hydrogen-bond donors (Lipinski definition) is 1. The molecule has 1 heterocycles. The maximum atomic E-state index is 13.5. The minimum atomic E-state index is -0.636. The van der Waals surface area contributed by atoms with Gasteiger partial charge in [0, 0.05) is 5.56 Å². The number of aromatic nitrogens is 1. The molecule has 0 saturated carbocycles. The van der Waals surface area contributed by atoms with E-state index in [0.29, 0.717) is 5.69 Å². The Morgan fingerprint density at radius 3 is 2.89 bits per heavy atom. The predicted octanol–water partition coefficient (Wildman–Crippen LogP) is 3.18. The van der Waals surface area contributed by atoms with Crippen LogP contribution in [0.15, 0.2) is 18.2 Å². The van der Waals surface area contributed by atoms with Gasteiger partial charge in [0.25, 0.3) is 0 Å². The predicted molar refractivity (Wildman–Crippen MR) is 71.8 cm³/mol. The van der Waals surface area contributed by atoms with Crippen molar-refractivity contribution >= 4 is 34.1 Å². The van der Waals surface area contributed by atoms with E-state index in [1.165, 1.54) is 18.2 Å². The number of esters is 1. The van der Waals surface area contributed by atoms with Gasteiger partial charge in [0.15, 0.2) is 0 Å². The van der Waals surface area contributed by atoms with Gasteiger partial charge in [-0.05, 0) is 30.6 Å². The van der Waals surface area contributed by atoms with E-state index in [1.54, 1.807) is 6.92 Å². The Hall–Kier alpha value is -1.66. The molecule has 0 radical (unpaired) electrons. The molecular weight excluding hydrogens is 291 g/mol. The van der Waals surface area contributed by atoms with Gasteiger partial charge in [0.2, 0.25) is 0 Å². The first-order chi connectivity index (χ1) is 9.00. The van der Waals surface area contributed by atoms with E-state index in [0.717, 1.165) is 11.5 Å². The number of rotatable bonds is 3. The molecule has 19 heavy (non-hydrogen) atoms. The first kappa shape index (κ1) is 13.8. The summed E-state index contributed by atoms with van der Waals surface area (Å²) in [5.74, 6) is -1.16. The maximum absolute atomic E-state index is 13.5. The van der Waals surface area contributed by atoms with E-state index in [9.17, 15) is 9.18 Å². The van der Waals surface area contributed by atoms with E-state index in [1.807, 2.05) is 0 Å². The molecule has 7 heteroatoms. The summed E-state index contributed by atoms with van der Waals surface area (Å²) in [6, 6.07) is 4.26. The van der Waals surface area contributed by atoms with Crippen LogP contribution >= 0.6 is 23.1 Å². The molecule has 2 aromatic rings.